The first-order valence-electron chi connectivity index (χ1n) is 17.7. The molecule has 3 aliphatic rings. The maximum absolute atomic E-state index is 14.9. The first-order valence-corrected chi connectivity index (χ1v) is 20.7. The fourth-order valence-corrected chi connectivity index (χ4v) is 10.6. The molecule has 3 aliphatic heterocycles. The number of benzene rings is 3. The van der Waals surface area contributed by atoms with Crippen LogP contribution in [0.4, 0.5) is 11.4 Å². The fourth-order valence-electron chi connectivity index (χ4n) is 8.09. The van der Waals surface area contributed by atoms with Crippen molar-refractivity contribution in [3.05, 3.63) is 95.6 Å². The number of fused-ring (bicyclic) bond motifs is 2. The number of aliphatic hydroxyl groups excluding tert-OH is 5. The minimum Gasteiger partial charge on any atom is -0.432 e. The number of hydrogen-bond acceptors (Lipinski definition) is 11. The molecule has 3 aromatic rings. The molecule has 14 nitrogen and oxygen atoms in total. The van der Waals surface area contributed by atoms with Gasteiger partial charge in [0.15, 0.2) is 26.3 Å². The Labute approximate surface area is 308 Å². The van der Waals surface area contributed by atoms with E-state index in [1.54, 1.807) is 36.2 Å². The fraction of sp³-hybridized carbons (Fsp3) is 0.447. The molecular weight excluding hydrogens is 703 g/mol. The van der Waals surface area contributed by atoms with E-state index < -0.39 is 74.0 Å². The molecule has 0 radical (unpaired) electrons. The quantitative estimate of drug-likeness (QED) is 0.139. The molecule has 53 heavy (non-hydrogen) atoms. The van der Waals surface area contributed by atoms with Crippen LogP contribution < -0.4 is 10.2 Å². The van der Waals surface area contributed by atoms with Gasteiger partial charge < -0.3 is 54.9 Å². The molecular formula is C38H47N3O11Si. The second kappa shape index (κ2) is 15.4. The highest BCUT2D eigenvalue weighted by Gasteiger charge is 2.66. The van der Waals surface area contributed by atoms with Crippen molar-refractivity contribution in [3.8, 4) is 0 Å². The predicted octanol–water partition coefficient (Wildman–Crippen LogP) is 1.18. The lowest BCUT2D eigenvalue weighted by Gasteiger charge is -2.37. The van der Waals surface area contributed by atoms with Crippen molar-refractivity contribution in [1.82, 2.24) is 4.90 Å². The molecule has 0 bridgehead atoms. The van der Waals surface area contributed by atoms with Crippen LogP contribution >= 0.6 is 0 Å². The molecule has 284 valence electrons. The normalized spacial score (nSPS) is 29.7. The SMILES string of the molecule is C[C@@H]1[C@@H]([Si](C)(C)O)[C@H](CC(=O)N(CCO)Cc2ccccc2)O[C@@]12C(=O)N(Cc1ccccc1)c1ccc(NC(=O)[C@H]3O[C@@H](O)[C@H](O)[C@@H](O)[C@@H]3O)cc12. The Morgan fingerprint density at radius 1 is 0.925 bits per heavy atom. The maximum Gasteiger partial charge on any atom is 0.264 e. The van der Waals surface area contributed by atoms with E-state index in [9.17, 15) is 44.7 Å². The van der Waals surface area contributed by atoms with Crippen LogP contribution in [0.5, 0.6) is 0 Å². The van der Waals surface area contributed by atoms with Crippen LogP contribution in [-0.2, 0) is 42.5 Å². The molecule has 9 atom stereocenters. The van der Waals surface area contributed by atoms with Crippen molar-refractivity contribution in [2.45, 2.75) is 87.5 Å². The minimum atomic E-state index is -3.17. The summed E-state index contributed by atoms with van der Waals surface area (Å²) < 4.78 is 12.0. The second-order valence-electron chi connectivity index (χ2n) is 14.6. The van der Waals surface area contributed by atoms with E-state index in [0.29, 0.717) is 11.3 Å². The Morgan fingerprint density at radius 3 is 2.19 bits per heavy atom. The van der Waals surface area contributed by atoms with E-state index in [2.05, 4.69) is 5.32 Å². The third-order valence-electron chi connectivity index (χ3n) is 10.6. The Hall–Kier alpha value is -4.03. The van der Waals surface area contributed by atoms with Crippen LogP contribution in [-0.4, -0.2) is 111 Å². The molecule has 0 aromatic heterocycles. The van der Waals surface area contributed by atoms with Crippen LogP contribution in [0.3, 0.4) is 0 Å². The molecule has 2 fully saturated rings. The zero-order chi connectivity index (χ0) is 38.2. The lowest BCUT2D eigenvalue weighted by atomic mass is 9.82. The Balaban J connectivity index is 1.37. The van der Waals surface area contributed by atoms with E-state index in [1.807, 2.05) is 67.6 Å². The van der Waals surface area contributed by atoms with Gasteiger partial charge >= 0.3 is 0 Å². The zero-order valence-electron chi connectivity index (χ0n) is 29.8. The van der Waals surface area contributed by atoms with Gasteiger partial charge in [-0.25, -0.2) is 0 Å². The van der Waals surface area contributed by atoms with E-state index >= 15 is 0 Å². The molecule has 3 aromatic carbocycles. The summed E-state index contributed by atoms with van der Waals surface area (Å²) in [6, 6.07) is 23.5. The number of amides is 3. The first kappa shape index (κ1) is 38.7. The second-order valence-corrected chi connectivity index (χ2v) is 18.6. The van der Waals surface area contributed by atoms with E-state index in [0.717, 1.165) is 11.1 Å². The lowest BCUT2D eigenvalue weighted by Crippen LogP contribution is -2.60. The molecule has 0 saturated carbocycles. The Kier molecular flexibility index (Phi) is 11.2. The highest BCUT2D eigenvalue weighted by Crippen LogP contribution is 2.60. The van der Waals surface area contributed by atoms with E-state index in [1.165, 1.54) is 4.90 Å². The van der Waals surface area contributed by atoms with Crippen molar-refractivity contribution in [1.29, 1.82) is 0 Å². The van der Waals surface area contributed by atoms with Crippen LogP contribution in [0.1, 0.15) is 30.0 Å². The minimum absolute atomic E-state index is 0.0772. The summed E-state index contributed by atoms with van der Waals surface area (Å²) >= 11 is 0. The van der Waals surface area contributed by atoms with Gasteiger partial charge in [-0.3, -0.25) is 14.4 Å². The standard InChI is InChI=1S/C38H47N3O11Si/c1-22-34(53(2,3)50)28(19-29(43)40(16-17-42)20-23-10-6-4-7-11-23)52-38(22)26-18-25(39-35(47)33-31(45)30(44)32(46)36(48)51-33)14-15-27(26)41(37(38)49)21-24-12-8-5-9-13-24/h4-15,18,22,28,30-34,36,42,44-46,48,50H,16-17,19-21H2,1-3H3,(H,39,47)/t22-,28+,30+,31+,32-,33+,34-,36-,38+/m1/s1. The predicted molar refractivity (Wildman–Crippen MR) is 194 cm³/mol. The number of nitrogens with one attached hydrogen (secondary N) is 1. The van der Waals surface area contributed by atoms with Gasteiger partial charge in [-0.15, -0.1) is 0 Å². The third-order valence-corrected chi connectivity index (χ3v) is 13.1. The molecule has 15 heteroatoms. The monoisotopic (exact) mass is 749 g/mol. The van der Waals surface area contributed by atoms with Gasteiger partial charge in [0.25, 0.3) is 11.8 Å². The molecule has 3 heterocycles. The molecule has 1 spiro atoms. The number of rotatable bonds is 11. The van der Waals surface area contributed by atoms with Gasteiger partial charge in [0.1, 0.15) is 18.3 Å². The number of nitrogens with zero attached hydrogens (tertiary/aromatic N) is 2. The summed E-state index contributed by atoms with van der Waals surface area (Å²) in [6.07, 6.45) is -10.2. The Morgan fingerprint density at radius 2 is 1.57 bits per heavy atom. The first-order chi connectivity index (χ1) is 25.2. The summed E-state index contributed by atoms with van der Waals surface area (Å²) in [5.74, 6) is -2.27. The number of hydrogen-bond donors (Lipinski definition) is 7. The average molecular weight is 750 g/mol. The van der Waals surface area contributed by atoms with Crippen LogP contribution in [0.25, 0.3) is 0 Å². The average Bonchev–Trinajstić information content (AvgIpc) is 3.55. The maximum atomic E-state index is 14.9. The van der Waals surface area contributed by atoms with Gasteiger partial charge in [-0.05, 0) is 42.4 Å². The number of ether oxygens (including phenoxy) is 2. The van der Waals surface area contributed by atoms with Gasteiger partial charge in [0.2, 0.25) is 5.91 Å². The molecule has 6 rings (SSSR count). The molecule has 2 saturated heterocycles. The lowest BCUT2D eigenvalue weighted by molar-refractivity contribution is -0.274. The smallest absolute Gasteiger partial charge is 0.264 e. The highest BCUT2D eigenvalue weighted by atomic mass is 28.4. The summed E-state index contributed by atoms with van der Waals surface area (Å²) in [7, 11) is -3.17. The molecule has 0 unspecified atom stereocenters. The van der Waals surface area contributed by atoms with Crippen molar-refractivity contribution >= 4 is 37.4 Å². The molecule has 7 N–H and O–H groups in total. The van der Waals surface area contributed by atoms with E-state index in [-0.39, 0.29) is 44.3 Å². The van der Waals surface area contributed by atoms with Gasteiger partial charge in [-0.2, -0.15) is 0 Å². The van der Waals surface area contributed by atoms with Crippen LogP contribution in [0.2, 0.25) is 18.6 Å². The number of aliphatic hydroxyl groups is 5. The van der Waals surface area contributed by atoms with Gasteiger partial charge in [0, 0.05) is 35.8 Å². The largest absolute Gasteiger partial charge is 0.432 e. The number of carbonyl (C=O) groups excluding carboxylic acids is 3. The summed E-state index contributed by atoms with van der Waals surface area (Å²) in [5, 5.41) is 53.0. The Bertz CT molecular complexity index is 1790. The van der Waals surface area contributed by atoms with E-state index in [4.69, 9.17) is 9.47 Å². The highest BCUT2D eigenvalue weighted by molar-refractivity contribution is 6.71. The third kappa shape index (κ3) is 7.41. The van der Waals surface area contributed by atoms with Gasteiger partial charge in [0.05, 0.1) is 31.4 Å². The molecule has 3 amide bonds. The molecule has 0 aliphatic carbocycles. The number of anilines is 2. The van der Waals surface area contributed by atoms with Crippen molar-refractivity contribution < 1.29 is 54.2 Å². The van der Waals surface area contributed by atoms with Gasteiger partial charge in [-0.1, -0.05) is 67.6 Å². The van der Waals surface area contributed by atoms with Crippen molar-refractivity contribution in [2.75, 3.05) is 23.4 Å². The number of carbonyl (C=O) groups is 3. The van der Waals surface area contributed by atoms with Crippen molar-refractivity contribution in [3.63, 3.8) is 0 Å². The summed E-state index contributed by atoms with van der Waals surface area (Å²) in [4.78, 5) is 57.1. The van der Waals surface area contributed by atoms with Crippen molar-refractivity contribution in [2.24, 2.45) is 5.92 Å². The summed E-state index contributed by atoms with van der Waals surface area (Å²) in [6.45, 7) is 5.58. The van der Waals surface area contributed by atoms with Crippen LogP contribution in [0, 0.1) is 5.92 Å². The zero-order valence-corrected chi connectivity index (χ0v) is 30.8. The topological polar surface area (TPSA) is 210 Å². The van der Waals surface area contributed by atoms with Crippen LogP contribution in [0.15, 0.2) is 78.9 Å². The summed E-state index contributed by atoms with van der Waals surface area (Å²) in [5.41, 5.74) is 0.530.